The van der Waals surface area contributed by atoms with Crippen molar-refractivity contribution in [3.05, 3.63) is 109 Å². The van der Waals surface area contributed by atoms with Gasteiger partial charge in [0.05, 0.1) is 21.6 Å². The number of nitrogens with one attached hydrogen (secondary N) is 1. The van der Waals surface area contributed by atoms with E-state index >= 15 is 0 Å². The predicted octanol–water partition coefficient (Wildman–Crippen LogP) is 3.96. The first-order valence-corrected chi connectivity index (χ1v) is 14.2. The van der Waals surface area contributed by atoms with Crippen molar-refractivity contribution in [1.29, 1.82) is 0 Å². The normalized spacial score (nSPS) is 19.5. The number of carbonyl (C=O) groups is 3. The molecule has 0 radical (unpaired) electrons. The quantitative estimate of drug-likeness (QED) is 0.203. The first kappa shape index (κ1) is 26.6. The lowest BCUT2D eigenvalue weighted by atomic mass is 9.84. The lowest BCUT2D eigenvalue weighted by Crippen LogP contribution is -2.33. The average molecular weight is 588 g/mol. The Bertz CT molecular complexity index is 1770. The Hall–Kier alpha value is -4.62. The predicted molar refractivity (Wildman–Crippen MR) is 153 cm³/mol. The van der Waals surface area contributed by atoms with Crippen LogP contribution in [0.5, 0.6) is 0 Å². The number of non-ortho nitro benzene ring substituents is 1. The minimum absolute atomic E-state index is 0.164. The summed E-state index contributed by atoms with van der Waals surface area (Å²) in [5.41, 5.74) is 2.29. The van der Waals surface area contributed by atoms with Gasteiger partial charge in [0.15, 0.2) is 0 Å². The Morgan fingerprint density at radius 3 is 2.54 bits per heavy atom. The van der Waals surface area contributed by atoms with Gasteiger partial charge < -0.3 is 5.32 Å². The van der Waals surface area contributed by atoms with Crippen LogP contribution in [0.1, 0.15) is 21.9 Å². The molecular formula is C28H21N5O6S2. The van der Waals surface area contributed by atoms with Gasteiger partial charge in [-0.05, 0) is 48.4 Å². The number of aryl methyl sites for hydroxylation is 1. The fourth-order valence-corrected chi connectivity index (χ4v) is 7.99. The first-order valence-electron chi connectivity index (χ1n) is 12.5. The van der Waals surface area contributed by atoms with Gasteiger partial charge in [-0.1, -0.05) is 41.3 Å². The van der Waals surface area contributed by atoms with Gasteiger partial charge in [0.1, 0.15) is 11.8 Å². The molecule has 1 N–H and O–H groups in total. The highest BCUT2D eigenvalue weighted by atomic mass is 32.2. The number of amides is 3. The van der Waals surface area contributed by atoms with Crippen LogP contribution in [0.4, 0.5) is 17.1 Å². The zero-order chi connectivity index (χ0) is 28.8. The van der Waals surface area contributed by atoms with Crippen LogP contribution in [0, 0.1) is 23.0 Å². The second-order valence-corrected chi connectivity index (χ2v) is 11.8. The molecule has 0 bridgehead atoms. The molecular weight excluding hydrogens is 566 g/mol. The number of rotatable bonds is 6. The molecule has 4 aromatic rings. The van der Waals surface area contributed by atoms with Gasteiger partial charge in [-0.25, -0.2) is 4.90 Å². The van der Waals surface area contributed by atoms with Crippen LogP contribution >= 0.6 is 23.1 Å². The summed E-state index contributed by atoms with van der Waals surface area (Å²) in [5, 5.41) is 13.5. The molecule has 0 spiro atoms. The summed E-state index contributed by atoms with van der Waals surface area (Å²) in [5.74, 6) is -2.85. The van der Waals surface area contributed by atoms with E-state index in [9.17, 15) is 29.3 Å². The van der Waals surface area contributed by atoms with Gasteiger partial charge in [-0.2, -0.15) is 0 Å². The number of pyridine rings is 1. The maximum atomic E-state index is 13.9. The maximum absolute atomic E-state index is 13.9. The number of nitro groups is 1. The van der Waals surface area contributed by atoms with E-state index in [1.165, 1.54) is 28.8 Å². The number of anilines is 2. The van der Waals surface area contributed by atoms with Crippen molar-refractivity contribution >= 4 is 57.9 Å². The highest BCUT2D eigenvalue weighted by Crippen LogP contribution is 2.53. The molecule has 0 aliphatic carbocycles. The van der Waals surface area contributed by atoms with Crippen LogP contribution in [0.25, 0.3) is 0 Å². The summed E-state index contributed by atoms with van der Waals surface area (Å²) in [4.78, 5) is 69.8. The van der Waals surface area contributed by atoms with E-state index in [1.807, 2.05) is 25.1 Å². The van der Waals surface area contributed by atoms with E-state index in [1.54, 1.807) is 30.6 Å². The van der Waals surface area contributed by atoms with Crippen molar-refractivity contribution in [2.75, 3.05) is 10.2 Å². The van der Waals surface area contributed by atoms with Crippen molar-refractivity contribution in [2.24, 2.45) is 5.92 Å². The Morgan fingerprint density at radius 2 is 1.85 bits per heavy atom. The number of imide groups is 1. The summed E-state index contributed by atoms with van der Waals surface area (Å²) < 4.78 is 1.35. The number of aromatic nitrogens is 2. The number of benzene rings is 2. The topological polar surface area (TPSA) is 145 Å². The van der Waals surface area contributed by atoms with Crippen molar-refractivity contribution in [2.45, 2.75) is 29.7 Å². The van der Waals surface area contributed by atoms with Crippen molar-refractivity contribution in [3.8, 4) is 0 Å². The second kappa shape index (κ2) is 10.4. The Balaban J connectivity index is 1.38. The Morgan fingerprint density at radius 1 is 1.07 bits per heavy atom. The van der Waals surface area contributed by atoms with Gasteiger partial charge in [0.2, 0.25) is 17.7 Å². The third kappa shape index (κ3) is 4.72. The van der Waals surface area contributed by atoms with Gasteiger partial charge in [-0.15, -0.1) is 0 Å². The zero-order valence-corrected chi connectivity index (χ0v) is 23.1. The lowest BCUT2D eigenvalue weighted by molar-refractivity contribution is -0.384. The van der Waals surface area contributed by atoms with Crippen LogP contribution in [0.2, 0.25) is 0 Å². The summed E-state index contributed by atoms with van der Waals surface area (Å²) in [7, 11) is 0. The third-order valence-corrected chi connectivity index (χ3v) is 9.62. The van der Waals surface area contributed by atoms with E-state index < -0.39 is 39.7 Å². The molecule has 3 atom stereocenters. The first-order chi connectivity index (χ1) is 19.7. The van der Waals surface area contributed by atoms with Crippen LogP contribution in [0.15, 0.2) is 82.9 Å². The highest BCUT2D eigenvalue weighted by molar-refractivity contribution is 8.00. The number of nitro benzene ring substituents is 1. The summed E-state index contributed by atoms with van der Waals surface area (Å²) >= 11 is 2.04. The number of hydrogen-bond acceptors (Lipinski definition) is 9. The largest absolute Gasteiger partial charge is 0.325 e. The molecule has 2 aliphatic rings. The van der Waals surface area contributed by atoms with E-state index in [0.717, 1.165) is 33.6 Å². The molecule has 206 valence electrons. The van der Waals surface area contributed by atoms with Crippen LogP contribution in [-0.2, 0) is 20.9 Å². The fraction of sp³-hybridized carbons (Fsp3) is 0.179. The number of carbonyl (C=O) groups excluding carboxylic acids is 3. The number of hydrogen-bond donors (Lipinski definition) is 1. The van der Waals surface area contributed by atoms with Gasteiger partial charge >= 0.3 is 4.87 Å². The molecule has 2 aromatic carbocycles. The van der Waals surface area contributed by atoms with Crippen LogP contribution < -0.4 is 15.1 Å². The molecule has 2 aromatic heterocycles. The average Bonchev–Trinajstić information content (AvgIpc) is 3.39. The van der Waals surface area contributed by atoms with Crippen molar-refractivity contribution in [1.82, 2.24) is 9.55 Å². The molecule has 3 amide bonds. The van der Waals surface area contributed by atoms with Crippen molar-refractivity contribution < 1.29 is 19.3 Å². The Labute approximate surface area is 241 Å². The van der Waals surface area contributed by atoms with Gasteiger partial charge in [0.25, 0.3) is 5.69 Å². The Kier molecular flexibility index (Phi) is 6.75. The maximum Gasteiger partial charge on any atom is 0.308 e. The van der Waals surface area contributed by atoms with E-state index in [2.05, 4.69) is 10.3 Å². The van der Waals surface area contributed by atoms with Gasteiger partial charge in [-0.3, -0.25) is 38.8 Å². The standard InChI is InChI=1S/C28H21N5O6S2/c1-15-4-2-6-17(12-15)30-20(34)14-31-27-24(41-28(31)37)21(16-5-3-11-29-13-16)22-23(40-27)26(36)32(25(22)35)18-7-9-19(10-8-18)33(38)39/h2-13,21-23H,14H2,1H3,(H,30,34)/t21-,22-,23+/m0/s1. The molecule has 4 heterocycles. The minimum Gasteiger partial charge on any atom is -0.325 e. The van der Waals surface area contributed by atoms with Gasteiger partial charge in [0, 0.05) is 41.0 Å². The summed E-state index contributed by atoms with van der Waals surface area (Å²) in [6.45, 7) is 1.64. The number of thiazole rings is 1. The van der Waals surface area contributed by atoms with E-state index in [4.69, 9.17) is 0 Å². The lowest BCUT2D eigenvalue weighted by Gasteiger charge is -2.30. The van der Waals surface area contributed by atoms with Crippen LogP contribution in [-0.4, -0.2) is 37.4 Å². The molecule has 41 heavy (non-hydrogen) atoms. The molecule has 11 nitrogen and oxygen atoms in total. The molecule has 0 saturated carbocycles. The fourth-order valence-electron chi connectivity index (χ4n) is 5.22. The van der Waals surface area contributed by atoms with Crippen LogP contribution in [0.3, 0.4) is 0 Å². The SMILES string of the molecule is Cc1cccc(NC(=O)Cn2c3c(sc2=O)[C@@H](c2cccnc2)[C@@H]2C(=O)N(c4ccc([N+](=O)[O-])cc4)C(=O)[C@@H]2S3)c1. The van der Waals surface area contributed by atoms with E-state index in [-0.39, 0.29) is 22.8 Å². The summed E-state index contributed by atoms with van der Waals surface area (Å²) in [6.07, 6.45) is 3.19. The minimum atomic E-state index is -0.879. The third-order valence-electron chi connectivity index (χ3n) is 7.02. The highest BCUT2D eigenvalue weighted by Gasteiger charge is 2.57. The smallest absolute Gasteiger partial charge is 0.308 e. The molecule has 6 rings (SSSR count). The molecule has 2 aliphatic heterocycles. The molecule has 1 saturated heterocycles. The van der Waals surface area contributed by atoms with E-state index in [0.29, 0.717) is 21.2 Å². The second-order valence-electron chi connectivity index (χ2n) is 9.65. The zero-order valence-electron chi connectivity index (χ0n) is 21.4. The number of nitrogens with zero attached hydrogens (tertiary/aromatic N) is 4. The number of thioether (sulfide) groups is 1. The number of fused-ring (bicyclic) bond motifs is 2. The van der Waals surface area contributed by atoms with Crippen molar-refractivity contribution in [3.63, 3.8) is 0 Å². The monoisotopic (exact) mass is 587 g/mol. The molecule has 13 heteroatoms. The molecule has 1 fully saturated rings. The summed E-state index contributed by atoms with van der Waals surface area (Å²) in [6, 6.07) is 16.0. The molecule has 0 unspecified atom stereocenters.